The Morgan fingerprint density at radius 1 is 0.633 bits per heavy atom. The van der Waals surface area contributed by atoms with Gasteiger partial charge < -0.3 is 49.3 Å². The molecule has 4 aliphatic heterocycles. The van der Waals surface area contributed by atoms with Gasteiger partial charge in [0.25, 0.3) is 17.7 Å². The maximum absolute atomic E-state index is 14.2. The van der Waals surface area contributed by atoms with E-state index >= 15 is 0 Å². The lowest BCUT2D eigenvalue weighted by Crippen LogP contribution is -2.56. The molecular formula is C57H57BrF4N8O9. The lowest BCUT2D eigenvalue weighted by atomic mass is 9.98. The Bertz CT molecular complexity index is 3490. The predicted molar refractivity (Wildman–Crippen MR) is 286 cm³/mol. The Balaban J connectivity index is 0.000000183. The first-order chi connectivity index (χ1) is 37.6. The Kier molecular flexibility index (Phi) is 17.2. The Labute approximate surface area is 460 Å². The highest BCUT2D eigenvalue weighted by Gasteiger charge is 2.47. The second kappa shape index (κ2) is 23.9. The summed E-state index contributed by atoms with van der Waals surface area (Å²) in [5, 5.41) is 2.53. The zero-order valence-corrected chi connectivity index (χ0v) is 45.6. The zero-order valence-electron chi connectivity index (χ0n) is 44.0. The number of nitrogens with one attached hydrogen (secondary N) is 1. The molecule has 3 N–H and O–H groups in total. The summed E-state index contributed by atoms with van der Waals surface area (Å²) in [4.78, 5) is 99.9. The van der Waals surface area contributed by atoms with Gasteiger partial charge in [0.05, 0.1) is 42.0 Å². The fourth-order valence-electron chi connectivity index (χ4n) is 9.73. The molecule has 2 aromatic heterocycles. The number of benzene rings is 4. The maximum atomic E-state index is 14.2. The van der Waals surface area contributed by atoms with Gasteiger partial charge in [-0.25, -0.2) is 17.6 Å². The van der Waals surface area contributed by atoms with Crippen molar-refractivity contribution in [3.63, 3.8) is 0 Å². The molecule has 0 bridgehead atoms. The fourth-order valence-corrected chi connectivity index (χ4v) is 10.2. The number of rotatable bonds is 12. The average Bonchev–Trinajstić information content (AvgIpc) is 3.61. The summed E-state index contributed by atoms with van der Waals surface area (Å²) >= 11 is 3.39. The number of ether oxygens (including phenoxy) is 2. The van der Waals surface area contributed by atoms with E-state index in [1.54, 1.807) is 52.7 Å². The second-order valence-corrected chi connectivity index (χ2v) is 20.6. The molecule has 0 radical (unpaired) electrons. The maximum Gasteiger partial charge on any atom is 0.274 e. The van der Waals surface area contributed by atoms with Crippen LogP contribution in [0.5, 0.6) is 11.5 Å². The minimum Gasteiger partial charge on any atom is -0.483 e. The number of carbonyl (C=O) groups is 5. The van der Waals surface area contributed by atoms with E-state index in [1.807, 2.05) is 64.1 Å². The van der Waals surface area contributed by atoms with Crippen molar-refractivity contribution >= 4 is 45.5 Å². The van der Waals surface area contributed by atoms with Crippen molar-refractivity contribution in [3.8, 4) is 11.5 Å². The number of hydrogen-bond donors (Lipinski definition) is 2. The molecule has 10 rings (SSSR count). The molecule has 2 unspecified atom stereocenters. The molecule has 5 amide bonds. The number of likely N-dealkylation sites (N-methyl/N-ethyl adjacent to an activating group) is 2. The van der Waals surface area contributed by atoms with Crippen LogP contribution < -0.4 is 31.4 Å². The van der Waals surface area contributed by atoms with Crippen molar-refractivity contribution in [1.29, 1.82) is 0 Å². The number of halogens is 5. The number of hydrogen-bond acceptors (Lipinski definition) is 10. The van der Waals surface area contributed by atoms with Crippen molar-refractivity contribution < 1.29 is 51.0 Å². The van der Waals surface area contributed by atoms with Crippen LogP contribution in [0, 0.1) is 23.3 Å². The van der Waals surface area contributed by atoms with Crippen LogP contribution in [-0.4, -0.2) is 97.5 Å². The minimum atomic E-state index is -0.871. The summed E-state index contributed by atoms with van der Waals surface area (Å²) in [7, 11) is 3.26. The summed E-state index contributed by atoms with van der Waals surface area (Å²) < 4.78 is 67.6. The first-order valence-corrected chi connectivity index (χ1v) is 26.0. The molecule has 79 heavy (non-hydrogen) atoms. The summed E-state index contributed by atoms with van der Waals surface area (Å²) in [6.45, 7) is 7.78. The van der Waals surface area contributed by atoms with Gasteiger partial charge in [-0.3, -0.25) is 33.6 Å². The fraction of sp³-hybridized carbons (Fsp3) is 0.316. The monoisotopic (exact) mass is 1150 g/mol. The van der Waals surface area contributed by atoms with E-state index in [9.17, 15) is 51.1 Å². The molecule has 4 aromatic carbocycles. The van der Waals surface area contributed by atoms with Crippen LogP contribution in [0.25, 0.3) is 0 Å². The molecule has 0 saturated carbocycles. The summed E-state index contributed by atoms with van der Waals surface area (Å²) in [6, 6.07) is 22.9. The van der Waals surface area contributed by atoms with E-state index in [2.05, 4.69) is 21.2 Å². The molecular weight excluding hydrogens is 1100 g/mol. The van der Waals surface area contributed by atoms with Crippen molar-refractivity contribution in [2.75, 3.05) is 27.2 Å². The lowest BCUT2D eigenvalue weighted by Gasteiger charge is -2.43. The highest BCUT2D eigenvalue weighted by Crippen LogP contribution is 2.38. The quantitative estimate of drug-likeness (QED) is 0.120. The molecule has 6 aromatic rings. The number of nitrogens with zero attached hydrogens (tertiary/aromatic N) is 6. The number of aromatic nitrogens is 2. The predicted octanol–water partition coefficient (Wildman–Crippen LogP) is 7.00. The molecule has 17 nitrogen and oxygen atoms in total. The van der Waals surface area contributed by atoms with Crippen LogP contribution in [0.4, 0.5) is 17.6 Å². The van der Waals surface area contributed by atoms with Gasteiger partial charge in [0.2, 0.25) is 22.7 Å². The molecule has 414 valence electrons. The first kappa shape index (κ1) is 57.1. The topological polar surface area (TPSA) is 199 Å². The molecule has 2 atom stereocenters. The van der Waals surface area contributed by atoms with Crippen LogP contribution in [0.1, 0.15) is 105 Å². The second-order valence-electron chi connectivity index (χ2n) is 19.8. The van der Waals surface area contributed by atoms with E-state index in [0.29, 0.717) is 21.8 Å². The van der Waals surface area contributed by atoms with E-state index < -0.39 is 52.6 Å². The normalized spacial score (nSPS) is 16.2. The van der Waals surface area contributed by atoms with Crippen LogP contribution in [0.3, 0.4) is 0 Å². The van der Waals surface area contributed by atoms with E-state index in [-0.39, 0.29) is 127 Å². The third-order valence-electron chi connectivity index (χ3n) is 13.9. The van der Waals surface area contributed by atoms with Crippen LogP contribution in [0.15, 0.2) is 111 Å². The standard InChI is InChI=1S/C29H28F2N4O5.C21H22BrN3O4.C7H7F2N/c1-16(2)34-14-22-28(38)33(3)13-21-23(27(37)32-12-18-9-10-19(30)11-20(18)31)25(36)26(24(29(34)39)35(21)22)40-15-17-7-5-4-6-8-17;1-12(2)24-10-15-20(27)23(3)9-14-16(22)18(26)19(17(21(24)28)25(14)15)29-11-13-7-5-4-6-8-13;8-6-2-1-5(4-10)7(9)3-6/h4-11,16,22H,12-15H2,1-3H3,(H,32,37);4-8,12,15H,9-11H2,1-3H3;1-3H,4,10H2. The molecule has 0 fully saturated rings. The third kappa shape index (κ3) is 11.6. The molecule has 6 heterocycles. The number of nitrogens with two attached hydrogens (primary N) is 1. The number of pyridine rings is 2. The summed E-state index contributed by atoms with van der Waals surface area (Å²) in [5.74, 6) is -5.06. The van der Waals surface area contributed by atoms with Gasteiger partial charge >= 0.3 is 0 Å². The SMILES string of the molecule is CC(C)N1CC2C(=O)N(C)Cc3c(Br)c(=O)c(OCc4ccccc4)c(n32)C1=O.CC(C)N1CC2C(=O)N(C)Cc3c(C(=O)NCc4ccc(F)cc4F)c(=O)c(OCc4ccccc4)c(n32)C1=O.NCc1ccc(F)cc1F. The summed E-state index contributed by atoms with van der Waals surface area (Å²) in [5.41, 5.74) is 6.52. The van der Waals surface area contributed by atoms with Crippen molar-refractivity contribution in [3.05, 3.63) is 196 Å². The number of amides is 5. The van der Waals surface area contributed by atoms with Crippen LogP contribution in [-0.2, 0) is 49.0 Å². The Morgan fingerprint density at radius 3 is 1.51 bits per heavy atom. The van der Waals surface area contributed by atoms with E-state index in [4.69, 9.17) is 15.2 Å². The largest absolute Gasteiger partial charge is 0.483 e. The highest BCUT2D eigenvalue weighted by molar-refractivity contribution is 9.10. The van der Waals surface area contributed by atoms with Crippen molar-refractivity contribution in [1.82, 2.24) is 34.1 Å². The van der Waals surface area contributed by atoms with E-state index in [0.717, 1.165) is 23.3 Å². The highest BCUT2D eigenvalue weighted by atomic mass is 79.9. The van der Waals surface area contributed by atoms with Crippen molar-refractivity contribution in [2.45, 2.75) is 91.3 Å². The van der Waals surface area contributed by atoms with Crippen molar-refractivity contribution in [2.24, 2.45) is 5.73 Å². The van der Waals surface area contributed by atoms with Gasteiger partial charge in [0.1, 0.15) is 54.1 Å². The van der Waals surface area contributed by atoms with Gasteiger partial charge in [-0.05, 0) is 66.9 Å². The molecule has 0 saturated heterocycles. The molecule has 0 aliphatic carbocycles. The third-order valence-corrected chi connectivity index (χ3v) is 14.7. The van der Waals surface area contributed by atoms with Gasteiger partial charge in [0.15, 0.2) is 22.9 Å². The molecule has 0 spiro atoms. The van der Waals surface area contributed by atoms with Gasteiger partial charge in [0, 0.05) is 62.5 Å². The van der Waals surface area contributed by atoms with Crippen LogP contribution >= 0.6 is 15.9 Å². The smallest absolute Gasteiger partial charge is 0.274 e. The first-order valence-electron chi connectivity index (χ1n) is 25.2. The Morgan fingerprint density at radius 2 is 1.06 bits per heavy atom. The van der Waals surface area contributed by atoms with Crippen LogP contribution in [0.2, 0.25) is 0 Å². The molecule has 4 aliphatic rings. The van der Waals surface area contributed by atoms with Gasteiger partial charge in [-0.15, -0.1) is 0 Å². The summed E-state index contributed by atoms with van der Waals surface area (Å²) in [6.07, 6.45) is 0. The minimum absolute atomic E-state index is 0.0119. The zero-order chi connectivity index (χ0) is 57.1. The van der Waals surface area contributed by atoms with Gasteiger partial charge in [-0.1, -0.05) is 72.8 Å². The van der Waals surface area contributed by atoms with E-state index in [1.165, 1.54) is 32.6 Å². The Hall–Kier alpha value is -8.11. The lowest BCUT2D eigenvalue weighted by molar-refractivity contribution is -0.137. The van der Waals surface area contributed by atoms with Gasteiger partial charge in [-0.2, -0.15) is 0 Å². The number of carbonyl (C=O) groups excluding carboxylic acids is 5. The molecule has 22 heteroatoms. The average molecular weight is 1150 g/mol.